The summed E-state index contributed by atoms with van der Waals surface area (Å²) in [5, 5.41) is 0. The Labute approximate surface area is 398 Å². The predicted molar refractivity (Wildman–Crippen MR) is 279 cm³/mol. The Morgan fingerprint density at radius 1 is 0.323 bits per heavy atom. The lowest BCUT2D eigenvalue weighted by atomic mass is 10.1. The number of carbonyl (C=O) groups excluding carboxylic acids is 3. The van der Waals surface area contributed by atoms with Gasteiger partial charge in [0, 0.05) is 19.3 Å². The number of allylic oxidation sites excluding steroid dienone is 22. The maximum atomic E-state index is 12.8. The molecular weight excluding hydrogens is 805 g/mol. The fraction of sp³-hybridized carbons (Fsp3) is 0.576. The number of ether oxygens (including phenoxy) is 3. The Bertz CT molecular complexity index is 1450. The topological polar surface area (TPSA) is 78.9 Å². The van der Waals surface area contributed by atoms with Crippen molar-refractivity contribution in [3.8, 4) is 0 Å². The Morgan fingerprint density at radius 3 is 1.00 bits per heavy atom. The Morgan fingerprint density at radius 2 is 0.615 bits per heavy atom. The molecule has 6 nitrogen and oxygen atoms in total. The first-order chi connectivity index (χ1) is 32.0. The monoisotopic (exact) mass is 897 g/mol. The maximum Gasteiger partial charge on any atom is 0.306 e. The third kappa shape index (κ3) is 50.4. The average Bonchev–Trinajstić information content (AvgIpc) is 3.30. The van der Waals surface area contributed by atoms with Crippen molar-refractivity contribution in [2.24, 2.45) is 0 Å². The highest BCUT2D eigenvalue weighted by atomic mass is 16.6. The molecule has 0 N–H and O–H groups in total. The van der Waals surface area contributed by atoms with E-state index in [1.807, 2.05) is 72.9 Å². The molecule has 0 rings (SSSR count). The first-order valence-corrected chi connectivity index (χ1v) is 25.8. The van der Waals surface area contributed by atoms with Crippen LogP contribution in [0.25, 0.3) is 0 Å². The molecule has 0 bridgehead atoms. The largest absolute Gasteiger partial charge is 0.462 e. The fourth-order valence-corrected chi connectivity index (χ4v) is 6.54. The van der Waals surface area contributed by atoms with E-state index < -0.39 is 6.10 Å². The molecule has 0 aromatic heterocycles. The molecule has 65 heavy (non-hydrogen) atoms. The summed E-state index contributed by atoms with van der Waals surface area (Å²) in [6, 6.07) is 0. The number of carbonyl (C=O) groups is 3. The van der Waals surface area contributed by atoms with Gasteiger partial charge in [-0.15, -0.1) is 0 Å². The molecule has 0 aliphatic rings. The number of esters is 3. The zero-order valence-electron chi connectivity index (χ0n) is 41.4. The molecule has 0 heterocycles. The number of hydrogen-bond donors (Lipinski definition) is 0. The summed E-state index contributed by atoms with van der Waals surface area (Å²) in [6.07, 6.45) is 72.8. The summed E-state index contributed by atoms with van der Waals surface area (Å²) >= 11 is 0. The minimum atomic E-state index is -0.812. The summed E-state index contributed by atoms with van der Waals surface area (Å²) in [6.45, 7) is 6.26. The molecule has 1 atom stereocenters. The molecule has 0 radical (unpaired) electrons. The first kappa shape index (κ1) is 60.5. The first-order valence-electron chi connectivity index (χ1n) is 25.8. The molecular formula is C59H92O6. The van der Waals surface area contributed by atoms with Crippen molar-refractivity contribution in [1.82, 2.24) is 0 Å². The van der Waals surface area contributed by atoms with E-state index in [0.29, 0.717) is 19.3 Å². The minimum Gasteiger partial charge on any atom is -0.462 e. The van der Waals surface area contributed by atoms with E-state index in [-0.39, 0.29) is 31.1 Å². The number of rotatable bonds is 44. The van der Waals surface area contributed by atoms with Crippen LogP contribution in [-0.2, 0) is 28.6 Å². The molecule has 0 saturated carbocycles. The molecule has 0 fully saturated rings. The molecule has 0 aromatic rings. The van der Waals surface area contributed by atoms with Crippen molar-refractivity contribution in [1.29, 1.82) is 0 Å². The van der Waals surface area contributed by atoms with E-state index >= 15 is 0 Å². The van der Waals surface area contributed by atoms with Crippen molar-refractivity contribution >= 4 is 17.9 Å². The van der Waals surface area contributed by atoms with Gasteiger partial charge >= 0.3 is 17.9 Å². The van der Waals surface area contributed by atoms with E-state index in [0.717, 1.165) is 96.3 Å². The van der Waals surface area contributed by atoms with Crippen LogP contribution >= 0.6 is 0 Å². The van der Waals surface area contributed by atoms with Crippen molar-refractivity contribution < 1.29 is 28.6 Å². The van der Waals surface area contributed by atoms with Crippen LogP contribution in [0.5, 0.6) is 0 Å². The van der Waals surface area contributed by atoms with Crippen molar-refractivity contribution in [3.63, 3.8) is 0 Å². The molecule has 0 aliphatic carbocycles. The van der Waals surface area contributed by atoms with Gasteiger partial charge in [-0.2, -0.15) is 0 Å². The Kier molecular flexibility index (Phi) is 48.6. The molecule has 0 saturated heterocycles. The zero-order chi connectivity index (χ0) is 47.2. The quantitative estimate of drug-likeness (QED) is 0.0199. The van der Waals surface area contributed by atoms with Gasteiger partial charge in [-0.3, -0.25) is 14.4 Å². The second-order valence-corrected chi connectivity index (χ2v) is 16.6. The summed E-state index contributed by atoms with van der Waals surface area (Å²) in [4.78, 5) is 38.0. The predicted octanol–water partition coefficient (Wildman–Crippen LogP) is 17.1. The van der Waals surface area contributed by atoms with Gasteiger partial charge in [0.2, 0.25) is 0 Å². The lowest BCUT2D eigenvalue weighted by Gasteiger charge is -2.18. The molecule has 364 valence electrons. The maximum absolute atomic E-state index is 12.8. The van der Waals surface area contributed by atoms with E-state index in [2.05, 4.69) is 81.5 Å². The summed E-state index contributed by atoms with van der Waals surface area (Å²) in [5.74, 6) is -0.989. The lowest BCUT2D eigenvalue weighted by Crippen LogP contribution is -2.30. The van der Waals surface area contributed by atoms with Gasteiger partial charge in [0.1, 0.15) is 13.2 Å². The molecule has 0 spiro atoms. The van der Waals surface area contributed by atoms with Gasteiger partial charge in [0.25, 0.3) is 0 Å². The van der Waals surface area contributed by atoms with E-state index in [9.17, 15) is 14.4 Å². The van der Waals surface area contributed by atoms with Crippen LogP contribution in [0.15, 0.2) is 134 Å². The third-order valence-corrected chi connectivity index (χ3v) is 10.4. The molecule has 0 amide bonds. The highest BCUT2D eigenvalue weighted by Crippen LogP contribution is 2.13. The van der Waals surface area contributed by atoms with Crippen molar-refractivity contribution in [2.45, 2.75) is 207 Å². The van der Waals surface area contributed by atoms with Crippen LogP contribution in [0.4, 0.5) is 0 Å². The number of hydrogen-bond acceptors (Lipinski definition) is 6. The average molecular weight is 897 g/mol. The standard InChI is InChI=1S/C59H92O6/c1-4-7-10-13-16-19-22-25-27-28-29-30-32-34-37-40-43-46-49-52-58(61)64-55-56(54-63-57(60)51-48-45-42-39-36-33-24-21-18-15-12-9-6-3)65-59(62)53-50-47-44-41-38-35-31-26-23-20-17-14-11-8-5-2/h7,9-10,12-13,15-16,18-25,27-30,32,34,37,56H,4-6,8,11,14,17,26,31,33,35-36,38-55H2,1-3H3/b10-7-,12-9-,16-13-,18-15-,22-19-,23-20-,24-21-,27-25-,29-28+,32-30-,37-34-. The van der Waals surface area contributed by atoms with Crippen LogP contribution in [0.2, 0.25) is 0 Å². The van der Waals surface area contributed by atoms with Crippen LogP contribution in [0.3, 0.4) is 0 Å². The van der Waals surface area contributed by atoms with E-state index in [1.54, 1.807) is 0 Å². The summed E-state index contributed by atoms with van der Waals surface area (Å²) < 4.78 is 16.7. The SMILES string of the molecule is CC\C=C/C=C\C=C/C=C\C=C\C=C/C=C\CCCCCC(=O)OCC(COC(=O)CCCCCCC\C=C/C=C\C=C/CC)OC(=O)CCCCCCCCC/C=C\CCCCCC. The van der Waals surface area contributed by atoms with Gasteiger partial charge in [0.15, 0.2) is 6.10 Å². The van der Waals surface area contributed by atoms with Gasteiger partial charge in [-0.05, 0) is 83.5 Å². The van der Waals surface area contributed by atoms with Gasteiger partial charge in [0.05, 0.1) is 0 Å². The Balaban J connectivity index is 4.55. The van der Waals surface area contributed by atoms with Crippen LogP contribution in [0.1, 0.15) is 201 Å². The van der Waals surface area contributed by atoms with Crippen LogP contribution < -0.4 is 0 Å². The van der Waals surface area contributed by atoms with Crippen LogP contribution in [0, 0.1) is 0 Å². The highest BCUT2D eigenvalue weighted by molar-refractivity contribution is 5.71. The molecule has 6 heteroatoms. The normalized spacial score (nSPS) is 13.2. The second-order valence-electron chi connectivity index (χ2n) is 16.6. The van der Waals surface area contributed by atoms with Gasteiger partial charge < -0.3 is 14.2 Å². The summed E-state index contributed by atoms with van der Waals surface area (Å²) in [7, 11) is 0. The third-order valence-electron chi connectivity index (χ3n) is 10.4. The van der Waals surface area contributed by atoms with Gasteiger partial charge in [-0.1, -0.05) is 231 Å². The van der Waals surface area contributed by atoms with Crippen LogP contribution in [-0.4, -0.2) is 37.2 Å². The number of unbranched alkanes of at least 4 members (excludes halogenated alkanes) is 19. The zero-order valence-corrected chi connectivity index (χ0v) is 41.4. The van der Waals surface area contributed by atoms with E-state index in [1.165, 1.54) is 64.2 Å². The van der Waals surface area contributed by atoms with Crippen molar-refractivity contribution in [2.75, 3.05) is 13.2 Å². The molecule has 1 unspecified atom stereocenters. The summed E-state index contributed by atoms with van der Waals surface area (Å²) in [5.41, 5.74) is 0. The fourth-order valence-electron chi connectivity index (χ4n) is 6.54. The second kappa shape index (κ2) is 52.2. The molecule has 0 aliphatic heterocycles. The minimum absolute atomic E-state index is 0.110. The Hall–Kier alpha value is -4.45. The highest BCUT2D eigenvalue weighted by Gasteiger charge is 2.19. The van der Waals surface area contributed by atoms with Crippen molar-refractivity contribution in [3.05, 3.63) is 134 Å². The lowest BCUT2D eigenvalue weighted by molar-refractivity contribution is -0.167. The van der Waals surface area contributed by atoms with Gasteiger partial charge in [-0.25, -0.2) is 0 Å². The van der Waals surface area contributed by atoms with E-state index in [4.69, 9.17) is 14.2 Å². The molecule has 0 aromatic carbocycles. The smallest absolute Gasteiger partial charge is 0.306 e.